The summed E-state index contributed by atoms with van der Waals surface area (Å²) in [4.78, 5) is 12.9. The summed E-state index contributed by atoms with van der Waals surface area (Å²) in [6, 6.07) is 5.90. The van der Waals surface area contributed by atoms with Gasteiger partial charge in [0.25, 0.3) is 0 Å². The SMILES string of the molecule is COc1ccc(C(C)C)cc1CCN(C)C(=O)NN. The van der Waals surface area contributed by atoms with E-state index in [0.717, 1.165) is 17.7 Å². The molecule has 0 atom stereocenters. The van der Waals surface area contributed by atoms with Crippen LogP contribution in [0.2, 0.25) is 0 Å². The van der Waals surface area contributed by atoms with Crippen molar-refractivity contribution in [2.75, 3.05) is 20.7 Å². The predicted octanol–water partition coefficient (Wildman–Crippen LogP) is 1.88. The first-order valence-electron chi connectivity index (χ1n) is 6.38. The first kappa shape index (κ1) is 15.3. The minimum Gasteiger partial charge on any atom is -0.496 e. The quantitative estimate of drug-likeness (QED) is 0.485. The molecule has 0 fully saturated rings. The largest absolute Gasteiger partial charge is 0.496 e. The Bertz CT molecular complexity index is 433. The lowest BCUT2D eigenvalue weighted by Gasteiger charge is -2.18. The van der Waals surface area contributed by atoms with Crippen LogP contribution in [-0.2, 0) is 6.42 Å². The third-order valence-corrected chi connectivity index (χ3v) is 3.16. The van der Waals surface area contributed by atoms with Crippen molar-refractivity contribution in [1.29, 1.82) is 0 Å². The number of methoxy groups -OCH3 is 1. The molecule has 1 aromatic carbocycles. The first-order chi connectivity index (χ1) is 8.99. The summed E-state index contributed by atoms with van der Waals surface area (Å²) >= 11 is 0. The minimum atomic E-state index is -0.293. The van der Waals surface area contributed by atoms with E-state index in [1.165, 1.54) is 5.56 Å². The van der Waals surface area contributed by atoms with E-state index in [9.17, 15) is 4.79 Å². The lowest BCUT2D eigenvalue weighted by atomic mass is 9.99. The van der Waals surface area contributed by atoms with E-state index in [0.29, 0.717) is 12.5 Å². The van der Waals surface area contributed by atoms with Gasteiger partial charge in [-0.2, -0.15) is 0 Å². The first-order valence-corrected chi connectivity index (χ1v) is 6.38. The number of carbonyl (C=O) groups is 1. The lowest BCUT2D eigenvalue weighted by molar-refractivity contribution is 0.209. The molecule has 0 saturated carbocycles. The van der Waals surface area contributed by atoms with E-state index >= 15 is 0 Å². The number of hydrazine groups is 1. The number of hydrogen-bond donors (Lipinski definition) is 2. The Hall–Kier alpha value is -1.75. The number of urea groups is 1. The molecular formula is C14H23N3O2. The number of hydrogen-bond acceptors (Lipinski definition) is 3. The molecule has 0 saturated heterocycles. The van der Waals surface area contributed by atoms with Gasteiger partial charge < -0.3 is 9.64 Å². The molecule has 0 aliphatic carbocycles. The average molecular weight is 265 g/mol. The van der Waals surface area contributed by atoms with Crippen LogP contribution in [0.5, 0.6) is 5.75 Å². The van der Waals surface area contributed by atoms with Crippen molar-refractivity contribution in [3.63, 3.8) is 0 Å². The molecule has 2 amide bonds. The van der Waals surface area contributed by atoms with Crippen LogP contribution in [0.15, 0.2) is 18.2 Å². The van der Waals surface area contributed by atoms with Gasteiger partial charge in [-0.1, -0.05) is 26.0 Å². The van der Waals surface area contributed by atoms with E-state index in [2.05, 4.69) is 31.4 Å². The summed E-state index contributed by atoms with van der Waals surface area (Å²) in [7, 11) is 3.37. The third kappa shape index (κ3) is 4.13. The molecule has 106 valence electrons. The molecule has 0 unspecified atom stereocenters. The highest BCUT2D eigenvalue weighted by atomic mass is 16.5. The van der Waals surface area contributed by atoms with Crippen molar-refractivity contribution < 1.29 is 9.53 Å². The van der Waals surface area contributed by atoms with Gasteiger partial charge in [-0.05, 0) is 29.5 Å². The topological polar surface area (TPSA) is 67.6 Å². The summed E-state index contributed by atoms with van der Waals surface area (Å²) in [6.45, 7) is 4.89. The van der Waals surface area contributed by atoms with Gasteiger partial charge in [-0.15, -0.1) is 0 Å². The Morgan fingerprint density at radius 2 is 2.16 bits per heavy atom. The molecule has 3 N–H and O–H groups in total. The number of benzene rings is 1. The highest BCUT2D eigenvalue weighted by Gasteiger charge is 2.10. The lowest BCUT2D eigenvalue weighted by Crippen LogP contribution is -2.42. The van der Waals surface area contributed by atoms with Crippen molar-refractivity contribution in [3.8, 4) is 5.75 Å². The fourth-order valence-electron chi connectivity index (χ4n) is 1.85. The van der Waals surface area contributed by atoms with Gasteiger partial charge in [0.15, 0.2) is 0 Å². The van der Waals surface area contributed by atoms with Crippen molar-refractivity contribution in [2.45, 2.75) is 26.2 Å². The maximum atomic E-state index is 11.3. The maximum absolute atomic E-state index is 11.3. The monoisotopic (exact) mass is 265 g/mol. The molecule has 0 aliphatic heterocycles. The molecule has 0 aliphatic rings. The maximum Gasteiger partial charge on any atom is 0.331 e. The van der Waals surface area contributed by atoms with Gasteiger partial charge in [0, 0.05) is 13.6 Å². The Morgan fingerprint density at radius 3 is 2.68 bits per heavy atom. The molecule has 0 aromatic heterocycles. The molecule has 5 heteroatoms. The second kappa shape index (κ2) is 6.99. The zero-order chi connectivity index (χ0) is 14.4. The van der Waals surface area contributed by atoms with Crippen LogP contribution in [-0.4, -0.2) is 31.6 Å². The number of likely N-dealkylation sites (N-methyl/N-ethyl adjacent to an activating group) is 1. The normalized spacial score (nSPS) is 10.4. The summed E-state index contributed by atoms with van der Waals surface area (Å²) in [5, 5.41) is 0. The Balaban J connectivity index is 2.80. The van der Waals surface area contributed by atoms with Crippen molar-refractivity contribution in [3.05, 3.63) is 29.3 Å². The zero-order valence-corrected chi connectivity index (χ0v) is 12.1. The molecule has 0 radical (unpaired) electrons. The molecule has 0 bridgehead atoms. The number of rotatable bonds is 5. The standard InChI is InChI=1S/C14H23N3O2/c1-10(2)11-5-6-13(19-4)12(9-11)7-8-17(3)14(18)16-15/h5-6,9-10H,7-8,15H2,1-4H3,(H,16,18). The van der Waals surface area contributed by atoms with E-state index < -0.39 is 0 Å². The molecule has 1 rings (SSSR count). The summed E-state index contributed by atoms with van der Waals surface area (Å²) < 4.78 is 5.36. The highest BCUT2D eigenvalue weighted by molar-refractivity contribution is 5.73. The Kier molecular flexibility index (Phi) is 5.63. The van der Waals surface area contributed by atoms with Gasteiger partial charge in [0.1, 0.15) is 5.75 Å². The van der Waals surface area contributed by atoms with Gasteiger partial charge in [-0.3, -0.25) is 5.43 Å². The van der Waals surface area contributed by atoms with Crippen molar-refractivity contribution >= 4 is 6.03 Å². The van der Waals surface area contributed by atoms with E-state index in [1.54, 1.807) is 19.1 Å². The zero-order valence-electron chi connectivity index (χ0n) is 12.1. The van der Waals surface area contributed by atoms with E-state index in [4.69, 9.17) is 10.6 Å². The molecule has 19 heavy (non-hydrogen) atoms. The average Bonchev–Trinajstić information content (AvgIpc) is 2.43. The number of amides is 2. The molecule has 0 spiro atoms. The number of nitrogens with one attached hydrogen (secondary N) is 1. The van der Waals surface area contributed by atoms with Crippen molar-refractivity contribution in [1.82, 2.24) is 10.3 Å². The second-order valence-corrected chi connectivity index (χ2v) is 4.85. The summed E-state index contributed by atoms with van der Waals surface area (Å²) in [5.74, 6) is 6.42. The number of carbonyl (C=O) groups excluding carboxylic acids is 1. The number of nitrogens with zero attached hydrogens (tertiary/aromatic N) is 1. The van der Waals surface area contributed by atoms with E-state index in [1.807, 2.05) is 6.07 Å². The van der Waals surface area contributed by atoms with Gasteiger partial charge in [0.2, 0.25) is 0 Å². The van der Waals surface area contributed by atoms with Crippen LogP contribution in [0.3, 0.4) is 0 Å². The molecular weight excluding hydrogens is 242 g/mol. The van der Waals surface area contributed by atoms with Gasteiger partial charge in [-0.25, -0.2) is 10.6 Å². The van der Waals surface area contributed by atoms with Crippen LogP contribution < -0.4 is 16.0 Å². The minimum absolute atomic E-state index is 0.293. The van der Waals surface area contributed by atoms with Crippen LogP contribution in [0, 0.1) is 0 Å². The summed E-state index contributed by atoms with van der Waals surface area (Å²) in [6.07, 6.45) is 0.730. The van der Waals surface area contributed by atoms with Crippen LogP contribution in [0.4, 0.5) is 4.79 Å². The highest BCUT2D eigenvalue weighted by Crippen LogP contribution is 2.24. The van der Waals surface area contributed by atoms with Crippen LogP contribution in [0.25, 0.3) is 0 Å². The fraction of sp³-hybridized carbons (Fsp3) is 0.500. The Labute approximate surface area is 114 Å². The predicted molar refractivity (Wildman–Crippen MR) is 76.1 cm³/mol. The van der Waals surface area contributed by atoms with Gasteiger partial charge in [0.05, 0.1) is 7.11 Å². The molecule has 1 aromatic rings. The van der Waals surface area contributed by atoms with Crippen molar-refractivity contribution in [2.24, 2.45) is 5.84 Å². The number of ether oxygens (including phenoxy) is 1. The third-order valence-electron chi connectivity index (χ3n) is 3.16. The van der Waals surface area contributed by atoms with E-state index in [-0.39, 0.29) is 6.03 Å². The van der Waals surface area contributed by atoms with Crippen LogP contribution >= 0.6 is 0 Å². The Morgan fingerprint density at radius 1 is 1.47 bits per heavy atom. The second-order valence-electron chi connectivity index (χ2n) is 4.85. The van der Waals surface area contributed by atoms with Crippen LogP contribution in [0.1, 0.15) is 30.9 Å². The molecule has 5 nitrogen and oxygen atoms in total. The molecule has 0 heterocycles. The smallest absolute Gasteiger partial charge is 0.331 e. The summed E-state index contributed by atoms with van der Waals surface area (Å²) in [5.41, 5.74) is 4.48. The number of nitrogens with two attached hydrogens (primary N) is 1. The van der Waals surface area contributed by atoms with Gasteiger partial charge >= 0.3 is 6.03 Å². The fourth-order valence-corrected chi connectivity index (χ4v) is 1.85.